The van der Waals surface area contributed by atoms with Crippen LogP contribution < -0.4 is 5.32 Å². The average molecular weight is 312 g/mol. The van der Waals surface area contributed by atoms with Crippen molar-refractivity contribution in [3.05, 3.63) is 45.2 Å². The Labute approximate surface area is 127 Å². The largest absolute Gasteiger partial charge is 0.320 e. The SMILES string of the molecule is CCn1nc(C)c(Cl)c1C(=O)Nc1cccc(Cl)c1C. The molecule has 0 spiro atoms. The summed E-state index contributed by atoms with van der Waals surface area (Å²) in [5.74, 6) is -0.289. The second-order valence-corrected chi connectivity index (χ2v) is 5.22. The number of aromatic nitrogens is 2. The molecular weight excluding hydrogens is 297 g/mol. The van der Waals surface area contributed by atoms with Gasteiger partial charge < -0.3 is 5.32 Å². The van der Waals surface area contributed by atoms with Gasteiger partial charge in [0.2, 0.25) is 0 Å². The summed E-state index contributed by atoms with van der Waals surface area (Å²) >= 11 is 12.2. The fourth-order valence-corrected chi connectivity index (χ4v) is 2.33. The van der Waals surface area contributed by atoms with Crippen molar-refractivity contribution >= 4 is 34.8 Å². The highest BCUT2D eigenvalue weighted by atomic mass is 35.5. The van der Waals surface area contributed by atoms with Crippen LogP contribution in [0.5, 0.6) is 0 Å². The zero-order chi connectivity index (χ0) is 14.9. The molecule has 0 aliphatic rings. The monoisotopic (exact) mass is 311 g/mol. The number of rotatable bonds is 3. The minimum Gasteiger partial charge on any atom is -0.320 e. The molecule has 0 saturated heterocycles. The van der Waals surface area contributed by atoms with Crippen LogP contribution in [0.3, 0.4) is 0 Å². The Morgan fingerprint density at radius 3 is 2.70 bits per heavy atom. The summed E-state index contributed by atoms with van der Waals surface area (Å²) in [5, 5.41) is 8.04. The fourth-order valence-electron chi connectivity index (χ4n) is 1.93. The molecule has 2 aromatic rings. The van der Waals surface area contributed by atoms with Crippen LogP contribution in [0.2, 0.25) is 10.0 Å². The van der Waals surface area contributed by atoms with Crippen molar-refractivity contribution in [2.24, 2.45) is 0 Å². The van der Waals surface area contributed by atoms with E-state index >= 15 is 0 Å². The first-order valence-electron chi connectivity index (χ1n) is 6.25. The first kappa shape index (κ1) is 14.9. The minimum absolute atomic E-state index is 0.289. The van der Waals surface area contributed by atoms with E-state index in [1.165, 1.54) is 0 Å². The normalized spacial score (nSPS) is 10.7. The number of amides is 1. The number of benzene rings is 1. The van der Waals surface area contributed by atoms with Crippen molar-refractivity contribution < 1.29 is 4.79 Å². The second kappa shape index (κ2) is 5.85. The van der Waals surface area contributed by atoms with Gasteiger partial charge in [0.1, 0.15) is 5.69 Å². The molecule has 0 bridgehead atoms. The Bertz CT molecular complexity index is 665. The van der Waals surface area contributed by atoms with E-state index in [-0.39, 0.29) is 5.91 Å². The Balaban J connectivity index is 2.36. The Morgan fingerprint density at radius 2 is 2.05 bits per heavy atom. The number of aryl methyl sites for hydroxylation is 2. The van der Waals surface area contributed by atoms with E-state index in [0.29, 0.717) is 33.7 Å². The van der Waals surface area contributed by atoms with Gasteiger partial charge in [-0.2, -0.15) is 5.10 Å². The number of hydrogen-bond donors (Lipinski definition) is 1. The molecule has 1 heterocycles. The van der Waals surface area contributed by atoms with E-state index in [1.54, 1.807) is 29.8 Å². The molecule has 6 heteroatoms. The van der Waals surface area contributed by atoms with E-state index in [4.69, 9.17) is 23.2 Å². The molecule has 0 aliphatic heterocycles. The molecule has 1 aromatic carbocycles. The van der Waals surface area contributed by atoms with Gasteiger partial charge in [-0.25, -0.2) is 0 Å². The van der Waals surface area contributed by atoms with Gasteiger partial charge in [-0.3, -0.25) is 9.48 Å². The second-order valence-electron chi connectivity index (χ2n) is 4.43. The van der Waals surface area contributed by atoms with E-state index in [9.17, 15) is 4.79 Å². The lowest BCUT2D eigenvalue weighted by Gasteiger charge is -2.10. The standard InChI is InChI=1S/C14H15Cl2N3O/c1-4-19-13(12(16)9(3)18-19)14(20)17-11-7-5-6-10(15)8(11)2/h5-7H,4H2,1-3H3,(H,17,20). The van der Waals surface area contributed by atoms with Gasteiger partial charge in [-0.1, -0.05) is 29.3 Å². The minimum atomic E-state index is -0.289. The first-order valence-corrected chi connectivity index (χ1v) is 7.00. The third kappa shape index (κ3) is 2.67. The fraction of sp³-hybridized carbons (Fsp3) is 0.286. The summed E-state index contributed by atoms with van der Waals surface area (Å²) in [7, 11) is 0. The highest BCUT2D eigenvalue weighted by Gasteiger charge is 2.20. The summed E-state index contributed by atoms with van der Waals surface area (Å²) < 4.78 is 1.59. The predicted octanol–water partition coefficient (Wildman–Crippen LogP) is 4.08. The summed E-state index contributed by atoms with van der Waals surface area (Å²) in [4.78, 5) is 12.4. The molecule has 1 aromatic heterocycles. The predicted molar refractivity (Wildman–Crippen MR) is 81.8 cm³/mol. The Hall–Kier alpha value is -1.52. The maximum Gasteiger partial charge on any atom is 0.275 e. The van der Waals surface area contributed by atoms with Crippen LogP contribution in [-0.2, 0) is 6.54 Å². The van der Waals surface area contributed by atoms with Crippen LogP contribution >= 0.6 is 23.2 Å². The van der Waals surface area contributed by atoms with Gasteiger partial charge in [0.15, 0.2) is 0 Å². The van der Waals surface area contributed by atoms with Crippen molar-refractivity contribution in [3.63, 3.8) is 0 Å². The van der Waals surface area contributed by atoms with Crippen LogP contribution in [-0.4, -0.2) is 15.7 Å². The molecule has 0 unspecified atom stereocenters. The number of carbonyl (C=O) groups excluding carboxylic acids is 1. The van der Waals surface area contributed by atoms with Crippen LogP contribution in [0.4, 0.5) is 5.69 Å². The van der Waals surface area contributed by atoms with Gasteiger partial charge in [0, 0.05) is 17.3 Å². The van der Waals surface area contributed by atoms with Crippen LogP contribution in [0.1, 0.15) is 28.7 Å². The molecule has 4 nitrogen and oxygen atoms in total. The van der Waals surface area contributed by atoms with Gasteiger partial charge in [-0.15, -0.1) is 0 Å². The Morgan fingerprint density at radius 1 is 1.35 bits per heavy atom. The van der Waals surface area contributed by atoms with Gasteiger partial charge >= 0.3 is 0 Å². The van der Waals surface area contributed by atoms with Gasteiger partial charge in [-0.05, 0) is 38.5 Å². The number of halogens is 2. The molecule has 20 heavy (non-hydrogen) atoms. The molecule has 106 valence electrons. The zero-order valence-electron chi connectivity index (χ0n) is 11.5. The van der Waals surface area contributed by atoms with Crippen LogP contribution in [0, 0.1) is 13.8 Å². The summed E-state index contributed by atoms with van der Waals surface area (Å²) in [6.45, 7) is 6.10. The molecular formula is C14H15Cl2N3O. The number of anilines is 1. The first-order chi connectivity index (χ1) is 9.45. The highest BCUT2D eigenvalue weighted by molar-refractivity contribution is 6.35. The smallest absolute Gasteiger partial charge is 0.275 e. The van der Waals surface area contributed by atoms with Crippen LogP contribution in [0.15, 0.2) is 18.2 Å². The molecule has 1 N–H and O–H groups in total. The van der Waals surface area contributed by atoms with Gasteiger partial charge in [0.25, 0.3) is 5.91 Å². The number of nitrogens with zero attached hydrogens (tertiary/aromatic N) is 2. The quantitative estimate of drug-likeness (QED) is 0.928. The van der Waals surface area contributed by atoms with E-state index < -0.39 is 0 Å². The lowest BCUT2D eigenvalue weighted by atomic mass is 10.2. The van der Waals surface area contributed by atoms with Crippen molar-refractivity contribution in [3.8, 4) is 0 Å². The molecule has 0 fully saturated rings. The maximum absolute atomic E-state index is 12.4. The summed E-state index contributed by atoms with van der Waals surface area (Å²) in [5.41, 5.74) is 2.49. The summed E-state index contributed by atoms with van der Waals surface area (Å²) in [6.07, 6.45) is 0. The van der Waals surface area contributed by atoms with E-state index in [1.807, 2.05) is 13.8 Å². The average Bonchev–Trinajstić information content (AvgIpc) is 2.70. The van der Waals surface area contributed by atoms with E-state index in [2.05, 4.69) is 10.4 Å². The maximum atomic E-state index is 12.4. The number of nitrogens with one attached hydrogen (secondary N) is 1. The topological polar surface area (TPSA) is 46.9 Å². The lowest BCUT2D eigenvalue weighted by molar-refractivity contribution is 0.101. The van der Waals surface area contributed by atoms with E-state index in [0.717, 1.165) is 5.56 Å². The molecule has 2 rings (SSSR count). The molecule has 0 aliphatic carbocycles. The van der Waals surface area contributed by atoms with Crippen molar-refractivity contribution in [1.29, 1.82) is 0 Å². The Kier molecular flexibility index (Phi) is 4.35. The van der Waals surface area contributed by atoms with Crippen molar-refractivity contribution in [2.75, 3.05) is 5.32 Å². The van der Waals surface area contributed by atoms with Crippen molar-refractivity contribution in [1.82, 2.24) is 9.78 Å². The molecule has 0 saturated carbocycles. The third-order valence-corrected chi connectivity index (χ3v) is 3.95. The summed E-state index contributed by atoms with van der Waals surface area (Å²) in [6, 6.07) is 5.36. The van der Waals surface area contributed by atoms with Gasteiger partial charge in [0.05, 0.1) is 10.7 Å². The third-order valence-electron chi connectivity index (χ3n) is 3.08. The van der Waals surface area contributed by atoms with Crippen LogP contribution in [0.25, 0.3) is 0 Å². The molecule has 0 radical (unpaired) electrons. The molecule has 0 atom stereocenters. The highest BCUT2D eigenvalue weighted by Crippen LogP contribution is 2.25. The lowest BCUT2D eigenvalue weighted by Crippen LogP contribution is -2.18. The zero-order valence-corrected chi connectivity index (χ0v) is 13.0. The number of carbonyl (C=O) groups is 1. The number of hydrogen-bond acceptors (Lipinski definition) is 2. The molecule has 1 amide bonds. The van der Waals surface area contributed by atoms with Crippen molar-refractivity contribution in [2.45, 2.75) is 27.3 Å².